The van der Waals surface area contributed by atoms with E-state index < -0.39 is 0 Å². The summed E-state index contributed by atoms with van der Waals surface area (Å²) in [6.45, 7) is 4.74. The van der Waals surface area contributed by atoms with Gasteiger partial charge in [0.25, 0.3) is 0 Å². The van der Waals surface area contributed by atoms with Crippen LogP contribution in [-0.2, 0) is 6.54 Å². The highest BCUT2D eigenvalue weighted by Gasteiger charge is 2.11. The predicted octanol–water partition coefficient (Wildman–Crippen LogP) is 0.444. The summed E-state index contributed by atoms with van der Waals surface area (Å²) in [6, 6.07) is 1.51. The number of nitrogens with zero attached hydrogens (tertiary/aromatic N) is 1. The molecular formula is C12H18N2O3. The van der Waals surface area contributed by atoms with Crippen LogP contribution in [0.3, 0.4) is 0 Å². The lowest BCUT2D eigenvalue weighted by Crippen LogP contribution is -2.28. The van der Waals surface area contributed by atoms with Gasteiger partial charge in [0.2, 0.25) is 11.2 Å². The predicted molar refractivity (Wildman–Crippen MR) is 64.3 cm³/mol. The summed E-state index contributed by atoms with van der Waals surface area (Å²) in [5.41, 5.74) is -0.123. The van der Waals surface area contributed by atoms with Crippen LogP contribution in [0.5, 0.6) is 5.75 Å². The number of rotatable bonds is 3. The number of ether oxygens (including phenoxy) is 1. The molecule has 2 heterocycles. The van der Waals surface area contributed by atoms with E-state index in [1.807, 2.05) is 0 Å². The molecule has 5 nitrogen and oxygen atoms in total. The maximum Gasteiger partial charge on any atom is 0.227 e. The monoisotopic (exact) mass is 238 g/mol. The zero-order valence-electron chi connectivity index (χ0n) is 10.1. The van der Waals surface area contributed by atoms with Gasteiger partial charge in [-0.15, -0.1) is 0 Å². The Kier molecular flexibility index (Phi) is 4.17. The Labute approximate surface area is 100 Å². The molecule has 0 unspecified atom stereocenters. The van der Waals surface area contributed by atoms with Gasteiger partial charge in [-0.1, -0.05) is 0 Å². The topological polar surface area (TPSA) is 54.7 Å². The van der Waals surface area contributed by atoms with Crippen LogP contribution in [0.4, 0.5) is 0 Å². The van der Waals surface area contributed by atoms with Crippen LogP contribution in [0.2, 0.25) is 0 Å². The van der Waals surface area contributed by atoms with Crippen molar-refractivity contribution in [3.05, 3.63) is 28.3 Å². The first kappa shape index (κ1) is 12.1. The van der Waals surface area contributed by atoms with E-state index in [-0.39, 0.29) is 11.2 Å². The smallest absolute Gasteiger partial charge is 0.227 e. The van der Waals surface area contributed by atoms with Crippen molar-refractivity contribution in [2.75, 3.05) is 33.3 Å². The Bertz CT molecular complexity index is 408. The van der Waals surface area contributed by atoms with E-state index >= 15 is 0 Å². The molecule has 1 aromatic heterocycles. The van der Waals surface area contributed by atoms with E-state index in [9.17, 15) is 4.79 Å². The first-order valence-corrected chi connectivity index (χ1v) is 5.88. The summed E-state index contributed by atoms with van der Waals surface area (Å²) < 4.78 is 10.3. The van der Waals surface area contributed by atoms with Crippen molar-refractivity contribution < 1.29 is 9.15 Å². The Morgan fingerprint density at radius 2 is 2.35 bits per heavy atom. The lowest BCUT2D eigenvalue weighted by atomic mass is 10.3. The summed E-state index contributed by atoms with van der Waals surface area (Å²) in [5, 5.41) is 3.34. The average Bonchev–Trinajstić information content (AvgIpc) is 2.58. The third-order valence-electron chi connectivity index (χ3n) is 2.88. The Hall–Kier alpha value is -1.33. The van der Waals surface area contributed by atoms with Gasteiger partial charge in [0.05, 0.1) is 13.7 Å². The van der Waals surface area contributed by atoms with Crippen LogP contribution >= 0.6 is 0 Å². The van der Waals surface area contributed by atoms with Crippen molar-refractivity contribution >= 4 is 0 Å². The summed E-state index contributed by atoms with van der Waals surface area (Å²) >= 11 is 0. The van der Waals surface area contributed by atoms with Gasteiger partial charge in [-0.05, 0) is 19.5 Å². The SMILES string of the molecule is COc1coc(CN2CCCNCC2)cc1=O. The molecule has 1 fully saturated rings. The van der Waals surface area contributed by atoms with E-state index in [1.54, 1.807) is 0 Å². The summed E-state index contributed by atoms with van der Waals surface area (Å²) in [7, 11) is 1.46. The molecule has 17 heavy (non-hydrogen) atoms. The fourth-order valence-electron chi connectivity index (χ4n) is 1.95. The minimum atomic E-state index is -0.123. The molecule has 0 spiro atoms. The van der Waals surface area contributed by atoms with Crippen LogP contribution in [-0.4, -0.2) is 38.2 Å². The quantitative estimate of drug-likeness (QED) is 0.828. The zero-order valence-corrected chi connectivity index (χ0v) is 10.1. The Morgan fingerprint density at radius 1 is 1.47 bits per heavy atom. The van der Waals surface area contributed by atoms with Crippen LogP contribution < -0.4 is 15.5 Å². The second-order valence-corrected chi connectivity index (χ2v) is 4.16. The van der Waals surface area contributed by atoms with Gasteiger partial charge in [0, 0.05) is 19.2 Å². The van der Waals surface area contributed by atoms with Crippen molar-refractivity contribution in [2.24, 2.45) is 0 Å². The van der Waals surface area contributed by atoms with Gasteiger partial charge >= 0.3 is 0 Å². The number of methoxy groups -OCH3 is 1. The van der Waals surface area contributed by atoms with Crippen molar-refractivity contribution in [2.45, 2.75) is 13.0 Å². The van der Waals surface area contributed by atoms with Crippen LogP contribution in [0.15, 0.2) is 21.5 Å². The van der Waals surface area contributed by atoms with Gasteiger partial charge in [0.15, 0.2) is 0 Å². The van der Waals surface area contributed by atoms with E-state index in [2.05, 4.69) is 10.2 Å². The molecular weight excluding hydrogens is 220 g/mol. The molecule has 5 heteroatoms. The van der Waals surface area contributed by atoms with Crippen LogP contribution in [0.1, 0.15) is 12.2 Å². The lowest BCUT2D eigenvalue weighted by Gasteiger charge is -2.18. The average molecular weight is 238 g/mol. The lowest BCUT2D eigenvalue weighted by molar-refractivity contribution is 0.254. The molecule has 2 rings (SSSR count). The first-order chi connectivity index (χ1) is 8.29. The summed E-state index contributed by atoms with van der Waals surface area (Å²) in [4.78, 5) is 13.8. The van der Waals surface area contributed by atoms with Gasteiger partial charge in [-0.25, -0.2) is 0 Å². The minimum Gasteiger partial charge on any atom is -0.490 e. The molecule has 1 aliphatic rings. The molecule has 0 saturated carbocycles. The van der Waals surface area contributed by atoms with Gasteiger partial charge in [-0.2, -0.15) is 0 Å². The van der Waals surface area contributed by atoms with Gasteiger partial charge in [0.1, 0.15) is 12.0 Å². The molecule has 0 bridgehead atoms. The molecule has 0 aromatic carbocycles. The first-order valence-electron chi connectivity index (χ1n) is 5.88. The van der Waals surface area contributed by atoms with Crippen molar-refractivity contribution in [3.8, 4) is 5.75 Å². The number of hydrogen-bond donors (Lipinski definition) is 1. The fourth-order valence-corrected chi connectivity index (χ4v) is 1.95. The Morgan fingerprint density at radius 3 is 3.12 bits per heavy atom. The molecule has 94 valence electrons. The zero-order chi connectivity index (χ0) is 12.1. The van der Waals surface area contributed by atoms with E-state index in [1.165, 1.54) is 19.4 Å². The maximum atomic E-state index is 11.6. The normalized spacial score (nSPS) is 17.7. The van der Waals surface area contributed by atoms with Crippen LogP contribution in [0.25, 0.3) is 0 Å². The molecule has 0 amide bonds. The van der Waals surface area contributed by atoms with Crippen LogP contribution in [0, 0.1) is 0 Å². The summed E-state index contributed by atoms with van der Waals surface area (Å²) in [5.74, 6) is 0.948. The molecule has 1 saturated heterocycles. The molecule has 0 aliphatic carbocycles. The van der Waals surface area contributed by atoms with Gasteiger partial charge < -0.3 is 14.5 Å². The highest BCUT2D eigenvalue weighted by molar-refractivity contribution is 5.17. The molecule has 1 N–H and O–H groups in total. The van der Waals surface area contributed by atoms with Crippen molar-refractivity contribution in [1.82, 2.24) is 10.2 Å². The fraction of sp³-hybridized carbons (Fsp3) is 0.583. The largest absolute Gasteiger partial charge is 0.490 e. The maximum absolute atomic E-state index is 11.6. The van der Waals surface area contributed by atoms with Gasteiger partial charge in [-0.3, -0.25) is 9.69 Å². The van der Waals surface area contributed by atoms with E-state index in [0.29, 0.717) is 12.3 Å². The Balaban J connectivity index is 2.02. The molecule has 1 aromatic rings. The summed E-state index contributed by atoms with van der Waals surface area (Å²) in [6.07, 6.45) is 2.51. The third kappa shape index (κ3) is 3.31. The highest BCUT2D eigenvalue weighted by atomic mass is 16.5. The van der Waals surface area contributed by atoms with E-state index in [4.69, 9.17) is 9.15 Å². The number of nitrogens with one attached hydrogen (secondary N) is 1. The van der Waals surface area contributed by atoms with E-state index in [0.717, 1.165) is 32.6 Å². The standard InChI is InChI=1S/C12H18N2O3/c1-16-12-9-17-10(7-11(12)15)8-14-5-2-3-13-4-6-14/h7,9,13H,2-6,8H2,1H3. The minimum absolute atomic E-state index is 0.123. The second kappa shape index (κ2) is 5.84. The molecule has 0 atom stereocenters. The van der Waals surface area contributed by atoms with Crippen molar-refractivity contribution in [3.63, 3.8) is 0 Å². The molecule has 0 radical (unpaired) electrons. The highest BCUT2D eigenvalue weighted by Crippen LogP contribution is 2.08. The molecule has 1 aliphatic heterocycles. The third-order valence-corrected chi connectivity index (χ3v) is 2.88. The van der Waals surface area contributed by atoms with Crippen molar-refractivity contribution in [1.29, 1.82) is 0 Å². The number of hydrogen-bond acceptors (Lipinski definition) is 5. The second-order valence-electron chi connectivity index (χ2n) is 4.16.